The van der Waals surface area contributed by atoms with Crippen LogP contribution in [0.3, 0.4) is 0 Å². The molecular formula is C25H26N8O6. The summed E-state index contributed by atoms with van der Waals surface area (Å²) in [6.07, 6.45) is 2.44. The lowest BCUT2D eigenvalue weighted by atomic mass is 10.2. The van der Waals surface area contributed by atoms with Crippen LogP contribution in [0.1, 0.15) is 22.6 Å². The van der Waals surface area contributed by atoms with Crippen LogP contribution in [-0.2, 0) is 4.74 Å². The van der Waals surface area contributed by atoms with Gasteiger partial charge in [0.05, 0.1) is 24.9 Å². The van der Waals surface area contributed by atoms with Crippen molar-refractivity contribution in [3.8, 4) is 11.5 Å². The quantitative estimate of drug-likeness (QED) is 0.330. The average Bonchev–Trinajstić information content (AvgIpc) is 3.68. The molecule has 6 rings (SSSR count). The average molecular weight is 535 g/mol. The number of aromatic nitrogens is 4. The molecular weight excluding hydrogens is 508 g/mol. The second-order valence-electron chi connectivity index (χ2n) is 9.34. The van der Waals surface area contributed by atoms with E-state index in [0.717, 1.165) is 5.69 Å². The summed E-state index contributed by atoms with van der Waals surface area (Å²) < 4.78 is 17.0. The maximum absolute atomic E-state index is 13.2. The van der Waals surface area contributed by atoms with Gasteiger partial charge in [0.15, 0.2) is 17.1 Å². The molecule has 2 saturated heterocycles. The highest BCUT2D eigenvalue weighted by atomic mass is 16.5. The number of carboxylic acid groups (broad SMARTS) is 1. The van der Waals surface area contributed by atoms with E-state index >= 15 is 0 Å². The van der Waals surface area contributed by atoms with Gasteiger partial charge in [0, 0.05) is 49.7 Å². The number of hydrogen-bond acceptors (Lipinski definition) is 11. The van der Waals surface area contributed by atoms with Crippen LogP contribution in [0.25, 0.3) is 22.7 Å². The van der Waals surface area contributed by atoms with Crippen LogP contribution >= 0.6 is 0 Å². The Kier molecular flexibility index (Phi) is 6.44. The fourth-order valence-corrected chi connectivity index (χ4v) is 4.69. The number of morpholine rings is 1. The highest BCUT2D eigenvalue weighted by Crippen LogP contribution is 2.33. The minimum absolute atomic E-state index is 0.0870. The molecule has 2 fully saturated rings. The van der Waals surface area contributed by atoms with Gasteiger partial charge in [-0.05, 0) is 25.5 Å². The smallest absolute Gasteiger partial charge is 0.404 e. The number of aryl methyl sites for hydroxylation is 1. The second kappa shape index (κ2) is 10.2. The molecule has 4 aromatic rings. The molecule has 0 saturated carbocycles. The van der Waals surface area contributed by atoms with E-state index < -0.39 is 12.0 Å². The monoisotopic (exact) mass is 534 g/mol. The molecule has 39 heavy (non-hydrogen) atoms. The van der Waals surface area contributed by atoms with E-state index in [1.165, 1.54) is 6.26 Å². The third-order valence-electron chi connectivity index (χ3n) is 6.58. The van der Waals surface area contributed by atoms with Crippen LogP contribution in [0, 0.1) is 6.92 Å². The molecule has 2 aliphatic rings. The Morgan fingerprint density at radius 3 is 2.74 bits per heavy atom. The van der Waals surface area contributed by atoms with E-state index in [1.807, 2.05) is 22.8 Å². The van der Waals surface area contributed by atoms with Crippen molar-refractivity contribution < 1.29 is 28.3 Å². The Bertz CT molecular complexity index is 1530. The first-order valence-electron chi connectivity index (χ1n) is 12.5. The summed E-state index contributed by atoms with van der Waals surface area (Å²) in [5.74, 6) is 0.262. The van der Waals surface area contributed by atoms with E-state index in [1.54, 1.807) is 18.3 Å². The maximum atomic E-state index is 13.2. The number of carbonyl (C=O) groups is 2. The molecule has 4 aromatic heterocycles. The molecule has 14 heteroatoms. The fourth-order valence-electron chi connectivity index (χ4n) is 4.69. The largest absolute Gasteiger partial charge is 0.465 e. The first-order valence-corrected chi connectivity index (χ1v) is 12.5. The van der Waals surface area contributed by atoms with Gasteiger partial charge < -0.3 is 39.1 Å². The lowest BCUT2D eigenvalue weighted by Gasteiger charge is -2.24. The number of carbonyl (C=O) groups excluding carboxylic acids is 1. The summed E-state index contributed by atoms with van der Waals surface area (Å²) in [6, 6.07) is 5.40. The van der Waals surface area contributed by atoms with E-state index in [2.05, 4.69) is 25.6 Å². The number of nitrogens with zero attached hydrogens (tertiary/aromatic N) is 6. The van der Waals surface area contributed by atoms with Crippen LogP contribution < -0.4 is 20.4 Å². The van der Waals surface area contributed by atoms with E-state index in [0.29, 0.717) is 86.0 Å². The maximum Gasteiger partial charge on any atom is 0.404 e. The van der Waals surface area contributed by atoms with Crippen LogP contribution in [-0.4, -0.2) is 82.5 Å². The first-order chi connectivity index (χ1) is 18.9. The normalized spacial score (nSPS) is 17.5. The first kappa shape index (κ1) is 24.6. The topological polar surface area (TPSA) is 172 Å². The van der Waals surface area contributed by atoms with Crippen molar-refractivity contribution in [1.29, 1.82) is 0 Å². The molecule has 1 atom stereocenters. The molecule has 14 nitrogen and oxygen atoms in total. The highest BCUT2D eigenvalue weighted by Gasteiger charge is 2.29. The molecule has 2 aliphatic heterocycles. The molecule has 0 spiro atoms. The zero-order valence-electron chi connectivity index (χ0n) is 21.1. The Balaban J connectivity index is 1.31. The van der Waals surface area contributed by atoms with Gasteiger partial charge in [-0.15, -0.1) is 0 Å². The van der Waals surface area contributed by atoms with Crippen LogP contribution in [0.15, 0.2) is 39.5 Å². The Hall–Kier alpha value is -4.72. The van der Waals surface area contributed by atoms with E-state index in [9.17, 15) is 9.59 Å². The van der Waals surface area contributed by atoms with Crippen molar-refractivity contribution in [1.82, 2.24) is 25.3 Å². The number of fused-ring (bicyclic) bond motifs is 1. The molecule has 0 bridgehead atoms. The number of rotatable bonds is 6. The summed E-state index contributed by atoms with van der Waals surface area (Å²) in [7, 11) is 0. The van der Waals surface area contributed by atoms with Gasteiger partial charge in [0.2, 0.25) is 11.5 Å². The summed E-state index contributed by atoms with van der Waals surface area (Å²) in [5, 5.41) is 14.5. The summed E-state index contributed by atoms with van der Waals surface area (Å²) in [5.41, 5.74) is 2.77. The van der Waals surface area contributed by atoms with Crippen molar-refractivity contribution in [2.24, 2.45) is 0 Å². The third-order valence-corrected chi connectivity index (χ3v) is 6.58. The molecule has 0 unspecified atom stereocenters. The predicted octanol–water partition coefficient (Wildman–Crippen LogP) is 2.52. The van der Waals surface area contributed by atoms with Crippen molar-refractivity contribution in [2.45, 2.75) is 19.4 Å². The number of amides is 2. The van der Waals surface area contributed by atoms with Gasteiger partial charge in [0.25, 0.3) is 11.9 Å². The highest BCUT2D eigenvalue weighted by molar-refractivity contribution is 6.05. The van der Waals surface area contributed by atoms with E-state index in [-0.39, 0.29) is 11.7 Å². The van der Waals surface area contributed by atoms with Gasteiger partial charge in [-0.1, -0.05) is 0 Å². The lowest BCUT2D eigenvalue weighted by Crippen LogP contribution is -2.36. The number of ether oxygens (including phenoxy) is 1. The van der Waals surface area contributed by atoms with Crippen molar-refractivity contribution in [3.63, 3.8) is 0 Å². The predicted molar refractivity (Wildman–Crippen MR) is 139 cm³/mol. The molecule has 6 heterocycles. The standard InChI is InChI=1S/C25H26N8O6/c1-14-10-15(2-4-26-14)23-29-18(13-38-23)22(34)28-17-11-19-20(31-24(39-19)32-6-8-37-9-7-32)30-21(17)33-5-3-16(12-33)27-25(35)36/h2,4,10-11,13,16,27H,3,5-9,12H2,1H3,(H,28,34)(H,35,36)/t16-/m0/s1. The number of anilines is 3. The molecule has 0 radical (unpaired) electrons. The minimum atomic E-state index is -1.09. The van der Waals surface area contributed by atoms with Gasteiger partial charge in [-0.3, -0.25) is 9.78 Å². The van der Waals surface area contributed by atoms with Crippen LogP contribution in [0.4, 0.5) is 22.3 Å². The summed E-state index contributed by atoms with van der Waals surface area (Å²) >= 11 is 0. The number of hydrogen-bond donors (Lipinski definition) is 3. The SMILES string of the molecule is Cc1cc(-c2nc(C(=O)Nc3cc4oc(N5CCOCC5)nc4nc3N3CC[C@H](NC(=O)O)C3)co2)ccn1. The van der Waals surface area contributed by atoms with Crippen molar-refractivity contribution in [3.05, 3.63) is 42.0 Å². The minimum Gasteiger partial charge on any atom is -0.465 e. The number of nitrogens with one attached hydrogen (secondary N) is 2. The molecule has 0 aromatic carbocycles. The van der Waals surface area contributed by atoms with Gasteiger partial charge >= 0.3 is 6.09 Å². The van der Waals surface area contributed by atoms with Crippen LogP contribution in [0.2, 0.25) is 0 Å². The van der Waals surface area contributed by atoms with Gasteiger partial charge in [-0.25, -0.2) is 14.8 Å². The van der Waals surface area contributed by atoms with Crippen molar-refractivity contribution >= 4 is 40.8 Å². The van der Waals surface area contributed by atoms with Gasteiger partial charge in [0.1, 0.15) is 6.26 Å². The Labute approximate surface area is 222 Å². The lowest BCUT2D eigenvalue weighted by molar-refractivity contribution is 0.102. The second-order valence-corrected chi connectivity index (χ2v) is 9.34. The van der Waals surface area contributed by atoms with Crippen molar-refractivity contribution in [2.75, 3.05) is 54.5 Å². The molecule has 0 aliphatic carbocycles. The molecule has 202 valence electrons. The Morgan fingerprint density at radius 1 is 1.10 bits per heavy atom. The summed E-state index contributed by atoms with van der Waals surface area (Å²) in [4.78, 5) is 46.1. The number of pyridine rings is 2. The fraction of sp³-hybridized carbons (Fsp3) is 0.360. The number of oxazole rings is 2. The third kappa shape index (κ3) is 5.18. The van der Waals surface area contributed by atoms with Crippen LogP contribution in [0.5, 0.6) is 0 Å². The zero-order valence-corrected chi connectivity index (χ0v) is 21.1. The van der Waals surface area contributed by atoms with E-state index in [4.69, 9.17) is 23.7 Å². The van der Waals surface area contributed by atoms with Gasteiger partial charge in [-0.2, -0.15) is 4.98 Å². The molecule has 2 amide bonds. The summed E-state index contributed by atoms with van der Waals surface area (Å²) in [6.45, 7) is 5.21. The Morgan fingerprint density at radius 2 is 1.95 bits per heavy atom. The zero-order chi connectivity index (χ0) is 26.9. The molecule has 3 N–H and O–H groups in total.